The summed E-state index contributed by atoms with van der Waals surface area (Å²) in [7, 11) is 0. The number of benzene rings is 1. The first kappa shape index (κ1) is 12.2. The molecule has 0 aliphatic rings. The highest BCUT2D eigenvalue weighted by molar-refractivity contribution is 9.10. The van der Waals surface area contributed by atoms with E-state index in [2.05, 4.69) is 25.9 Å². The predicted octanol–water partition coefficient (Wildman–Crippen LogP) is 2.12. The summed E-state index contributed by atoms with van der Waals surface area (Å²) in [6.07, 6.45) is 1.45. The highest BCUT2D eigenvalue weighted by Gasteiger charge is 2.01. The molecule has 2 N–H and O–H groups in total. The van der Waals surface area contributed by atoms with Gasteiger partial charge in [-0.15, -0.1) is 11.8 Å². The molecule has 4 nitrogen and oxygen atoms in total. The van der Waals surface area contributed by atoms with Crippen molar-refractivity contribution in [1.29, 1.82) is 0 Å². The van der Waals surface area contributed by atoms with Crippen LogP contribution in [0, 0.1) is 0 Å². The zero-order valence-corrected chi connectivity index (χ0v) is 11.1. The molecule has 0 amide bonds. The van der Waals surface area contributed by atoms with Crippen molar-refractivity contribution in [2.24, 2.45) is 0 Å². The summed E-state index contributed by atoms with van der Waals surface area (Å²) in [6.45, 7) is 0. The molecule has 0 fully saturated rings. The van der Waals surface area contributed by atoms with Gasteiger partial charge in [0.2, 0.25) is 0 Å². The van der Waals surface area contributed by atoms with Crippen LogP contribution in [0.3, 0.4) is 0 Å². The first-order chi connectivity index (χ1) is 8.15. The summed E-state index contributed by atoms with van der Waals surface area (Å²) in [5.41, 5.74) is -0.261. The Hall–Kier alpha value is -1.27. The van der Waals surface area contributed by atoms with Crippen LogP contribution >= 0.6 is 27.7 Å². The predicted molar refractivity (Wildman–Crippen MR) is 71.4 cm³/mol. The third-order valence-electron chi connectivity index (χ3n) is 2.10. The molecule has 0 saturated heterocycles. The van der Waals surface area contributed by atoms with Crippen LogP contribution in [0.4, 0.5) is 0 Å². The van der Waals surface area contributed by atoms with Crippen LogP contribution in [-0.4, -0.2) is 9.97 Å². The van der Waals surface area contributed by atoms with Crippen molar-refractivity contribution in [3.8, 4) is 0 Å². The molecule has 0 bridgehead atoms. The first-order valence-electron chi connectivity index (χ1n) is 4.84. The van der Waals surface area contributed by atoms with Crippen LogP contribution in [-0.2, 0) is 5.75 Å². The molecule has 17 heavy (non-hydrogen) atoms. The maximum absolute atomic E-state index is 11.4. The van der Waals surface area contributed by atoms with E-state index in [9.17, 15) is 9.59 Å². The van der Waals surface area contributed by atoms with E-state index in [-0.39, 0.29) is 5.56 Å². The minimum atomic E-state index is -0.479. The third-order valence-corrected chi connectivity index (χ3v) is 3.69. The van der Waals surface area contributed by atoms with Crippen LogP contribution in [0.5, 0.6) is 0 Å². The van der Waals surface area contributed by atoms with Crippen LogP contribution in [0.1, 0.15) is 5.56 Å². The Labute approximate surface area is 110 Å². The number of nitrogens with one attached hydrogen (secondary N) is 2. The van der Waals surface area contributed by atoms with Crippen molar-refractivity contribution in [2.45, 2.75) is 10.6 Å². The largest absolute Gasteiger partial charge is 0.325 e. The number of thioether (sulfide) groups is 1. The van der Waals surface area contributed by atoms with Crippen molar-refractivity contribution in [2.75, 3.05) is 0 Å². The van der Waals surface area contributed by atoms with Crippen molar-refractivity contribution < 1.29 is 0 Å². The Morgan fingerprint density at radius 1 is 1.18 bits per heavy atom. The maximum Gasteiger partial charge on any atom is 0.325 e. The van der Waals surface area contributed by atoms with Gasteiger partial charge in [0.15, 0.2) is 0 Å². The topological polar surface area (TPSA) is 65.7 Å². The lowest BCUT2D eigenvalue weighted by atomic mass is 10.4. The Kier molecular flexibility index (Phi) is 3.86. The van der Waals surface area contributed by atoms with Crippen molar-refractivity contribution in [1.82, 2.24) is 9.97 Å². The van der Waals surface area contributed by atoms with E-state index in [1.165, 1.54) is 18.0 Å². The molecule has 1 heterocycles. The molecule has 0 radical (unpaired) electrons. The van der Waals surface area contributed by atoms with E-state index in [1.54, 1.807) is 0 Å². The lowest BCUT2D eigenvalue weighted by Gasteiger charge is -2.00. The van der Waals surface area contributed by atoms with Gasteiger partial charge in [-0.2, -0.15) is 0 Å². The van der Waals surface area contributed by atoms with E-state index in [4.69, 9.17) is 0 Å². The maximum atomic E-state index is 11.4. The Morgan fingerprint density at radius 3 is 2.53 bits per heavy atom. The molecule has 6 heteroatoms. The van der Waals surface area contributed by atoms with Crippen molar-refractivity contribution in [3.05, 3.63) is 61.3 Å². The quantitative estimate of drug-likeness (QED) is 0.853. The van der Waals surface area contributed by atoms with E-state index < -0.39 is 5.69 Å². The SMILES string of the molecule is O=c1[nH]cc(CSc2ccc(Br)cc2)c(=O)[nH]1. The monoisotopic (exact) mass is 312 g/mol. The number of rotatable bonds is 3. The van der Waals surface area contributed by atoms with Gasteiger partial charge < -0.3 is 4.98 Å². The number of hydrogen-bond acceptors (Lipinski definition) is 3. The van der Waals surface area contributed by atoms with Gasteiger partial charge in [0.25, 0.3) is 5.56 Å². The molecule has 88 valence electrons. The second kappa shape index (κ2) is 5.37. The van der Waals surface area contributed by atoms with E-state index >= 15 is 0 Å². The summed E-state index contributed by atoms with van der Waals surface area (Å²) in [5, 5.41) is 0. The fourth-order valence-electron chi connectivity index (χ4n) is 1.24. The molecule has 0 aliphatic carbocycles. The summed E-state index contributed by atoms with van der Waals surface area (Å²) >= 11 is 4.90. The average Bonchev–Trinajstić information content (AvgIpc) is 2.30. The summed E-state index contributed by atoms with van der Waals surface area (Å²) in [4.78, 5) is 28.0. The molecule has 0 atom stereocenters. The Balaban J connectivity index is 2.10. The average molecular weight is 313 g/mol. The van der Waals surface area contributed by atoms with Gasteiger partial charge in [-0.3, -0.25) is 9.78 Å². The van der Waals surface area contributed by atoms with E-state index in [0.29, 0.717) is 11.3 Å². The van der Waals surface area contributed by atoms with Crippen LogP contribution in [0.25, 0.3) is 0 Å². The van der Waals surface area contributed by atoms with E-state index in [0.717, 1.165) is 9.37 Å². The van der Waals surface area contributed by atoms with Gasteiger partial charge in [-0.1, -0.05) is 15.9 Å². The normalized spacial score (nSPS) is 10.4. The van der Waals surface area contributed by atoms with Crippen molar-refractivity contribution >= 4 is 27.7 Å². The van der Waals surface area contributed by atoms with Crippen LogP contribution < -0.4 is 11.2 Å². The zero-order chi connectivity index (χ0) is 12.3. The Bertz CT molecular complexity index is 618. The number of aromatic nitrogens is 2. The molecule has 2 aromatic rings. The highest BCUT2D eigenvalue weighted by Crippen LogP contribution is 2.22. The number of hydrogen-bond donors (Lipinski definition) is 2. The van der Waals surface area contributed by atoms with Gasteiger partial charge >= 0.3 is 5.69 Å². The minimum absolute atomic E-state index is 0.335. The van der Waals surface area contributed by atoms with Crippen molar-refractivity contribution in [3.63, 3.8) is 0 Å². The smallest absolute Gasteiger partial charge is 0.314 e. The molecule has 0 saturated carbocycles. The fraction of sp³-hybridized carbons (Fsp3) is 0.0909. The molecular weight excluding hydrogens is 304 g/mol. The van der Waals surface area contributed by atoms with Crippen LogP contribution in [0.2, 0.25) is 0 Å². The number of halogens is 1. The second-order valence-corrected chi connectivity index (χ2v) is 5.30. The molecule has 0 spiro atoms. The van der Waals surface area contributed by atoms with Gasteiger partial charge in [0.05, 0.1) is 0 Å². The summed E-state index contributed by atoms with van der Waals surface area (Å²) < 4.78 is 1.02. The summed E-state index contributed by atoms with van der Waals surface area (Å²) in [6, 6.07) is 7.82. The van der Waals surface area contributed by atoms with Gasteiger partial charge in [0.1, 0.15) is 0 Å². The lowest BCUT2D eigenvalue weighted by molar-refractivity contribution is 1.00. The van der Waals surface area contributed by atoms with Gasteiger partial charge in [-0.05, 0) is 24.3 Å². The van der Waals surface area contributed by atoms with Gasteiger partial charge in [0, 0.05) is 26.9 Å². The molecule has 0 aliphatic heterocycles. The molecular formula is C11H9BrN2O2S. The number of aromatic amines is 2. The molecule has 0 unspecified atom stereocenters. The second-order valence-electron chi connectivity index (χ2n) is 3.34. The third kappa shape index (κ3) is 3.34. The van der Waals surface area contributed by atoms with Gasteiger partial charge in [-0.25, -0.2) is 4.79 Å². The molecule has 1 aromatic carbocycles. The Morgan fingerprint density at radius 2 is 1.88 bits per heavy atom. The summed E-state index contributed by atoms with van der Waals surface area (Å²) in [5.74, 6) is 0.522. The lowest BCUT2D eigenvalue weighted by Crippen LogP contribution is -2.24. The number of H-pyrrole nitrogens is 2. The fourth-order valence-corrected chi connectivity index (χ4v) is 2.37. The molecule has 1 aromatic heterocycles. The van der Waals surface area contributed by atoms with Crippen LogP contribution in [0.15, 0.2) is 49.4 Å². The highest BCUT2D eigenvalue weighted by atomic mass is 79.9. The first-order valence-corrected chi connectivity index (χ1v) is 6.62. The minimum Gasteiger partial charge on any atom is -0.314 e. The van der Waals surface area contributed by atoms with E-state index in [1.807, 2.05) is 24.3 Å². The zero-order valence-electron chi connectivity index (χ0n) is 8.70. The molecule has 2 rings (SSSR count). The standard InChI is InChI=1S/C11H9BrN2O2S/c12-8-1-3-9(4-2-8)17-6-7-5-13-11(16)14-10(7)15/h1-5H,6H2,(H2,13,14,15,16).